The Kier molecular flexibility index (Phi) is 12.5. The summed E-state index contributed by atoms with van der Waals surface area (Å²) in [4.78, 5) is 10.9. The van der Waals surface area contributed by atoms with E-state index in [1.54, 1.807) is 19.2 Å². The van der Waals surface area contributed by atoms with Crippen LogP contribution in [0.15, 0.2) is 30.3 Å². The molecule has 0 heterocycles. The lowest BCUT2D eigenvalue weighted by atomic mass is 9.99. The molecule has 4 nitrogen and oxygen atoms in total. The molecule has 0 fully saturated rings. The Bertz CT molecular complexity index is 262. The molecule has 0 aliphatic heterocycles. The van der Waals surface area contributed by atoms with Gasteiger partial charge in [0.15, 0.2) is 0 Å². The fraction of sp³-hybridized carbons (Fsp3) is 0.364. The molecule has 0 spiro atoms. The standard InChI is InChI=1S/C8H9NO.C2H6.CH5BO2/c1-9-8(10)7-5-3-2-4-6-7;1-2;1-2(3)4/h2-6H,1H3,(H,9,10);1-2H3;3-4H,1H3. The van der Waals surface area contributed by atoms with E-state index in [2.05, 4.69) is 5.32 Å². The molecule has 0 unspecified atom stereocenters. The summed E-state index contributed by atoms with van der Waals surface area (Å²) in [7, 11) is 0.454. The third kappa shape index (κ3) is 10.8. The molecule has 0 radical (unpaired) electrons. The molecule has 0 aromatic heterocycles. The number of amides is 1. The molecule has 1 rings (SSSR count). The van der Waals surface area contributed by atoms with Crippen LogP contribution in [0.2, 0.25) is 6.82 Å². The quantitative estimate of drug-likeness (QED) is 0.628. The maximum absolute atomic E-state index is 10.9. The van der Waals surface area contributed by atoms with Gasteiger partial charge in [0.1, 0.15) is 0 Å². The average molecular weight is 225 g/mol. The molecule has 5 heteroatoms. The highest BCUT2D eigenvalue weighted by molar-refractivity contribution is 6.38. The van der Waals surface area contributed by atoms with Gasteiger partial charge in [0.2, 0.25) is 0 Å². The van der Waals surface area contributed by atoms with Gasteiger partial charge in [0, 0.05) is 12.6 Å². The van der Waals surface area contributed by atoms with Gasteiger partial charge in [-0.05, 0) is 19.0 Å². The van der Waals surface area contributed by atoms with Gasteiger partial charge in [-0.2, -0.15) is 0 Å². The molecule has 3 N–H and O–H groups in total. The Morgan fingerprint density at radius 3 is 1.88 bits per heavy atom. The Hall–Kier alpha value is -1.33. The minimum atomic E-state index is -1.17. The molecule has 90 valence electrons. The van der Waals surface area contributed by atoms with E-state index in [-0.39, 0.29) is 5.91 Å². The van der Waals surface area contributed by atoms with Crippen molar-refractivity contribution in [1.29, 1.82) is 0 Å². The lowest BCUT2D eigenvalue weighted by Gasteiger charge is -1.96. The normalized spacial score (nSPS) is 7.62. The third-order valence-electron chi connectivity index (χ3n) is 1.26. The first-order valence-corrected chi connectivity index (χ1v) is 5.21. The topological polar surface area (TPSA) is 69.6 Å². The first-order valence-electron chi connectivity index (χ1n) is 5.21. The summed E-state index contributed by atoms with van der Waals surface area (Å²) >= 11 is 0. The second-order valence-corrected chi connectivity index (χ2v) is 2.58. The van der Waals surface area contributed by atoms with Crippen LogP contribution in [0.5, 0.6) is 0 Å². The zero-order valence-corrected chi connectivity index (χ0v) is 10.3. The van der Waals surface area contributed by atoms with E-state index in [9.17, 15) is 4.79 Å². The molecule has 0 bridgehead atoms. The summed E-state index contributed by atoms with van der Waals surface area (Å²) in [5.74, 6) is -0.0411. The van der Waals surface area contributed by atoms with E-state index in [0.717, 1.165) is 0 Å². The average Bonchev–Trinajstić information content (AvgIpc) is 2.31. The van der Waals surface area contributed by atoms with E-state index in [4.69, 9.17) is 10.0 Å². The van der Waals surface area contributed by atoms with Gasteiger partial charge < -0.3 is 15.4 Å². The second kappa shape index (κ2) is 11.7. The van der Waals surface area contributed by atoms with Crippen LogP contribution in [0.3, 0.4) is 0 Å². The highest BCUT2D eigenvalue weighted by Crippen LogP contribution is 1.96. The number of carbonyl (C=O) groups excluding carboxylic acids is 1. The second-order valence-electron chi connectivity index (χ2n) is 2.58. The smallest absolute Gasteiger partial charge is 0.427 e. The minimum Gasteiger partial charge on any atom is -0.427 e. The number of benzene rings is 1. The molecule has 0 atom stereocenters. The number of hydrogen-bond donors (Lipinski definition) is 3. The van der Waals surface area contributed by atoms with E-state index in [1.807, 2.05) is 32.0 Å². The minimum absolute atomic E-state index is 0.0411. The van der Waals surface area contributed by atoms with Crippen molar-refractivity contribution >= 4 is 13.0 Å². The van der Waals surface area contributed by atoms with Gasteiger partial charge in [0.05, 0.1) is 0 Å². The molecule has 1 amide bonds. The highest BCUT2D eigenvalue weighted by atomic mass is 16.4. The van der Waals surface area contributed by atoms with Crippen LogP contribution in [-0.4, -0.2) is 30.1 Å². The van der Waals surface area contributed by atoms with Crippen LogP contribution in [0, 0.1) is 0 Å². The summed E-state index contributed by atoms with van der Waals surface area (Å²) in [6, 6.07) is 9.11. The van der Waals surface area contributed by atoms with Crippen molar-refractivity contribution in [2.75, 3.05) is 7.05 Å². The number of rotatable bonds is 1. The molecule has 0 aliphatic carbocycles. The van der Waals surface area contributed by atoms with Gasteiger partial charge >= 0.3 is 7.12 Å². The Labute approximate surface area is 97.5 Å². The van der Waals surface area contributed by atoms with E-state index >= 15 is 0 Å². The predicted octanol–water partition coefficient (Wildman–Crippen LogP) is 1.16. The largest absolute Gasteiger partial charge is 0.448 e. The third-order valence-corrected chi connectivity index (χ3v) is 1.26. The molecule has 0 aliphatic rings. The zero-order chi connectivity index (χ0) is 13.0. The van der Waals surface area contributed by atoms with Crippen LogP contribution in [0.25, 0.3) is 0 Å². The van der Waals surface area contributed by atoms with Crippen LogP contribution in [-0.2, 0) is 0 Å². The van der Waals surface area contributed by atoms with E-state index < -0.39 is 7.12 Å². The van der Waals surface area contributed by atoms with E-state index in [1.165, 1.54) is 6.82 Å². The van der Waals surface area contributed by atoms with Crippen LogP contribution >= 0.6 is 0 Å². The number of carbonyl (C=O) groups is 1. The maximum atomic E-state index is 10.9. The van der Waals surface area contributed by atoms with Crippen LogP contribution < -0.4 is 5.32 Å². The van der Waals surface area contributed by atoms with Crippen molar-refractivity contribution in [3.63, 3.8) is 0 Å². The molecular formula is C11H20BNO3. The first kappa shape index (κ1) is 17.1. The van der Waals surface area contributed by atoms with Crippen molar-refractivity contribution < 1.29 is 14.8 Å². The van der Waals surface area contributed by atoms with Gasteiger partial charge in [0.25, 0.3) is 5.91 Å². The van der Waals surface area contributed by atoms with Gasteiger partial charge in [-0.15, -0.1) is 0 Å². The van der Waals surface area contributed by atoms with E-state index in [0.29, 0.717) is 5.56 Å². The molecular weight excluding hydrogens is 205 g/mol. The molecule has 0 saturated heterocycles. The summed E-state index contributed by atoms with van der Waals surface area (Å²) in [6.45, 7) is 5.28. The zero-order valence-electron chi connectivity index (χ0n) is 10.3. The summed E-state index contributed by atoms with van der Waals surface area (Å²) < 4.78 is 0. The first-order chi connectivity index (χ1) is 7.57. The summed E-state index contributed by atoms with van der Waals surface area (Å²) in [5.41, 5.74) is 0.699. The van der Waals surface area contributed by atoms with Gasteiger partial charge in [-0.3, -0.25) is 4.79 Å². The fourth-order valence-electron chi connectivity index (χ4n) is 0.734. The lowest BCUT2D eigenvalue weighted by molar-refractivity contribution is 0.0963. The maximum Gasteiger partial charge on any atom is 0.448 e. The Balaban J connectivity index is 0. The number of nitrogens with one attached hydrogen (secondary N) is 1. The molecule has 0 saturated carbocycles. The van der Waals surface area contributed by atoms with Crippen molar-refractivity contribution in [1.82, 2.24) is 5.32 Å². The molecule has 16 heavy (non-hydrogen) atoms. The van der Waals surface area contributed by atoms with Crippen LogP contribution in [0.1, 0.15) is 24.2 Å². The van der Waals surface area contributed by atoms with Crippen LogP contribution in [0.4, 0.5) is 0 Å². The number of hydrogen-bond acceptors (Lipinski definition) is 3. The predicted molar refractivity (Wildman–Crippen MR) is 67.2 cm³/mol. The monoisotopic (exact) mass is 225 g/mol. The highest BCUT2D eigenvalue weighted by Gasteiger charge is 1.97. The summed E-state index contributed by atoms with van der Waals surface area (Å²) in [5, 5.41) is 17.8. The summed E-state index contributed by atoms with van der Waals surface area (Å²) in [6.07, 6.45) is 0. The van der Waals surface area contributed by atoms with Gasteiger partial charge in [-0.1, -0.05) is 32.0 Å². The Morgan fingerprint density at radius 1 is 1.19 bits per heavy atom. The fourth-order valence-corrected chi connectivity index (χ4v) is 0.734. The molecule has 1 aromatic rings. The SMILES string of the molecule is CB(O)O.CC.CNC(=O)c1ccccc1. The van der Waals surface area contributed by atoms with Crippen molar-refractivity contribution in [3.8, 4) is 0 Å². The molecule has 1 aromatic carbocycles. The Morgan fingerprint density at radius 2 is 1.56 bits per heavy atom. The van der Waals surface area contributed by atoms with Crippen molar-refractivity contribution in [2.45, 2.75) is 20.7 Å². The lowest BCUT2D eigenvalue weighted by Crippen LogP contribution is -2.17. The van der Waals surface area contributed by atoms with Crippen molar-refractivity contribution in [2.24, 2.45) is 0 Å². The van der Waals surface area contributed by atoms with Gasteiger partial charge in [-0.25, -0.2) is 0 Å². The van der Waals surface area contributed by atoms with Crippen molar-refractivity contribution in [3.05, 3.63) is 35.9 Å².